The van der Waals surface area contributed by atoms with Crippen LogP contribution in [0.5, 0.6) is 0 Å². The highest BCUT2D eigenvalue weighted by atomic mass is 16.3. The third-order valence-electron chi connectivity index (χ3n) is 3.22. The fourth-order valence-electron chi connectivity index (χ4n) is 2.10. The minimum atomic E-state index is 0.184. The van der Waals surface area contributed by atoms with Crippen molar-refractivity contribution in [1.29, 1.82) is 0 Å². The van der Waals surface area contributed by atoms with Gasteiger partial charge in [-0.1, -0.05) is 24.3 Å². The molecular weight excluding hydrogens is 236 g/mol. The van der Waals surface area contributed by atoms with Crippen molar-refractivity contribution in [2.24, 2.45) is 0 Å². The highest BCUT2D eigenvalue weighted by Gasteiger charge is 2.07. The van der Waals surface area contributed by atoms with E-state index in [0.717, 1.165) is 23.5 Å². The van der Waals surface area contributed by atoms with E-state index in [9.17, 15) is 0 Å². The van der Waals surface area contributed by atoms with Gasteiger partial charge in [0.05, 0.1) is 23.5 Å². The summed E-state index contributed by atoms with van der Waals surface area (Å²) in [5, 5.41) is 4.58. The lowest BCUT2D eigenvalue weighted by molar-refractivity contribution is 0.429. The van der Waals surface area contributed by atoms with Crippen LogP contribution >= 0.6 is 0 Å². The lowest BCUT2D eigenvalue weighted by Crippen LogP contribution is -2.18. The van der Waals surface area contributed by atoms with Crippen LogP contribution in [-0.2, 0) is 6.54 Å². The van der Waals surface area contributed by atoms with Gasteiger partial charge < -0.3 is 9.73 Å². The molecule has 3 heteroatoms. The van der Waals surface area contributed by atoms with E-state index in [2.05, 4.69) is 35.4 Å². The summed E-state index contributed by atoms with van der Waals surface area (Å²) >= 11 is 0. The molecule has 0 amide bonds. The van der Waals surface area contributed by atoms with E-state index in [1.807, 2.05) is 30.3 Å². The first-order chi connectivity index (χ1) is 9.33. The zero-order valence-corrected chi connectivity index (χ0v) is 10.8. The van der Waals surface area contributed by atoms with Gasteiger partial charge in [-0.2, -0.15) is 0 Å². The van der Waals surface area contributed by atoms with Crippen molar-refractivity contribution in [2.75, 3.05) is 0 Å². The van der Waals surface area contributed by atoms with Gasteiger partial charge in [-0.15, -0.1) is 0 Å². The van der Waals surface area contributed by atoms with E-state index in [1.165, 1.54) is 5.39 Å². The number of pyridine rings is 1. The number of hydrogen-bond acceptors (Lipinski definition) is 3. The van der Waals surface area contributed by atoms with E-state index >= 15 is 0 Å². The predicted molar refractivity (Wildman–Crippen MR) is 75.7 cm³/mol. The van der Waals surface area contributed by atoms with Gasteiger partial charge in [-0.05, 0) is 31.2 Å². The van der Waals surface area contributed by atoms with E-state index in [0.29, 0.717) is 0 Å². The second-order valence-corrected chi connectivity index (χ2v) is 4.61. The molecule has 0 bridgehead atoms. The molecule has 3 rings (SSSR count). The number of fused-ring (bicyclic) bond motifs is 1. The van der Waals surface area contributed by atoms with Crippen molar-refractivity contribution < 1.29 is 4.42 Å². The molecular formula is C16H16N2O. The summed E-state index contributed by atoms with van der Waals surface area (Å²) in [6, 6.07) is 16.4. The molecule has 2 aromatic heterocycles. The van der Waals surface area contributed by atoms with Crippen LogP contribution < -0.4 is 5.32 Å². The third kappa shape index (κ3) is 2.66. The second kappa shape index (κ2) is 5.24. The first-order valence-electron chi connectivity index (χ1n) is 6.44. The molecule has 0 aliphatic rings. The first kappa shape index (κ1) is 11.9. The summed E-state index contributed by atoms with van der Waals surface area (Å²) in [5.74, 6) is 0.945. The Morgan fingerprint density at radius 2 is 2.00 bits per heavy atom. The Bertz CT molecular complexity index is 661. The van der Waals surface area contributed by atoms with Crippen molar-refractivity contribution in [3.8, 4) is 0 Å². The summed E-state index contributed by atoms with van der Waals surface area (Å²) in [4.78, 5) is 4.64. The van der Waals surface area contributed by atoms with Crippen LogP contribution in [0.1, 0.15) is 24.4 Å². The number of aromatic nitrogens is 1. The monoisotopic (exact) mass is 252 g/mol. The van der Waals surface area contributed by atoms with Gasteiger partial charge in [0.1, 0.15) is 5.76 Å². The molecule has 3 nitrogen and oxygen atoms in total. The van der Waals surface area contributed by atoms with Gasteiger partial charge >= 0.3 is 0 Å². The van der Waals surface area contributed by atoms with E-state index in [1.54, 1.807) is 6.26 Å². The molecule has 0 aliphatic heterocycles. The lowest BCUT2D eigenvalue weighted by atomic mass is 10.2. The molecule has 3 aromatic rings. The SMILES string of the molecule is C[C@H](NCc1ccc2ccccc2n1)c1ccco1. The van der Waals surface area contributed by atoms with Crippen LogP contribution in [0.4, 0.5) is 0 Å². The summed E-state index contributed by atoms with van der Waals surface area (Å²) in [6.07, 6.45) is 1.70. The van der Waals surface area contributed by atoms with Gasteiger partial charge in [0, 0.05) is 11.9 Å². The zero-order chi connectivity index (χ0) is 13.1. The third-order valence-corrected chi connectivity index (χ3v) is 3.22. The maximum Gasteiger partial charge on any atom is 0.120 e. The van der Waals surface area contributed by atoms with E-state index < -0.39 is 0 Å². The standard InChI is InChI=1S/C16H16N2O/c1-12(16-7-4-10-19-16)17-11-14-9-8-13-5-2-3-6-15(13)18-14/h2-10,12,17H,11H2,1H3/t12-/m0/s1. The smallest absolute Gasteiger partial charge is 0.120 e. The molecule has 2 heterocycles. The Labute approximate surface area is 112 Å². The number of furan rings is 1. The Morgan fingerprint density at radius 3 is 2.84 bits per heavy atom. The molecule has 0 radical (unpaired) electrons. The Hall–Kier alpha value is -2.13. The van der Waals surface area contributed by atoms with Crippen molar-refractivity contribution in [3.63, 3.8) is 0 Å². The normalized spacial score (nSPS) is 12.7. The van der Waals surface area contributed by atoms with Gasteiger partial charge in [0.25, 0.3) is 0 Å². The van der Waals surface area contributed by atoms with Gasteiger partial charge in [-0.3, -0.25) is 4.98 Å². The number of nitrogens with one attached hydrogen (secondary N) is 1. The second-order valence-electron chi connectivity index (χ2n) is 4.61. The van der Waals surface area contributed by atoms with Gasteiger partial charge in [0.2, 0.25) is 0 Å². The first-order valence-corrected chi connectivity index (χ1v) is 6.44. The topological polar surface area (TPSA) is 38.1 Å². The minimum Gasteiger partial charge on any atom is -0.468 e. The number of benzene rings is 1. The molecule has 1 atom stereocenters. The molecule has 96 valence electrons. The molecule has 0 fully saturated rings. The Balaban J connectivity index is 1.71. The molecule has 1 N–H and O–H groups in total. The molecule has 0 saturated heterocycles. The quantitative estimate of drug-likeness (QED) is 0.769. The van der Waals surface area contributed by atoms with Crippen LogP contribution in [0.15, 0.2) is 59.2 Å². The Kier molecular flexibility index (Phi) is 3.29. The van der Waals surface area contributed by atoms with Crippen LogP contribution in [0, 0.1) is 0 Å². The zero-order valence-electron chi connectivity index (χ0n) is 10.8. The maximum absolute atomic E-state index is 5.37. The highest BCUT2D eigenvalue weighted by Crippen LogP contribution is 2.14. The van der Waals surface area contributed by atoms with Crippen molar-refractivity contribution in [2.45, 2.75) is 19.5 Å². The average molecular weight is 252 g/mol. The average Bonchev–Trinajstić information content (AvgIpc) is 2.99. The van der Waals surface area contributed by atoms with E-state index in [-0.39, 0.29) is 6.04 Å². The molecule has 0 aliphatic carbocycles. The largest absolute Gasteiger partial charge is 0.468 e. The summed E-state index contributed by atoms with van der Waals surface area (Å²) in [7, 11) is 0. The number of rotatable bonds is 4. The molecule has 0 spiro atoms. The molecule has 0 unspecified atom stereocenters. The van der Waals surface area contributed by atoms with E-state index in [4.69, 9.17) is 4.42 Å². The number of nitrogens with zero attached hydrogens (tertiary/aromatic N) is 1. The van der Waals surface area contributed by atoms with Crippen molar-refractivity contribution >= 4 is 10.9 Å². The van der Waals surface area contributed by atoms with Crippen LogP contribution in [-0.4, -0.2) is 4.98 Å². The van der Waals surface area contributed by atoms with Gasteiger partial charge in [-0.25, -0.2) is 0 Å². The summed E-state index contributed by atoms with van der Waals surface area (Å²) in [5.41, 5.74) is 2.07. The number of hydrogen-bond donors (Lipinski definition) is 1. The summed E-state index contributed by atoms with van der Waals surface area (Å²) in [6.45, 7) is 2.81. The number of para-hydroxylation sites is 1. The predicted octanol–water partition coefficient (Wildman–Crippen LogP) is 3.68. The molecule has 0 saturated carbocycles. The fourth-order valence-corrected chi connectivity index (χ4v) is 2.10. The van der Waals surface area contributed by atoms with Crippen molar-refractivity contribution in [1.82, 2.24) is 10.3 Å². The molecule has 19 heavy (non-hydrogen) atoms. The Morgan fingerprint density at radius 1 is 1.11 bits per heavy atom. The minimum absolute atomic E-state index is 0.184. The van der Waals surface area contributed by atoms with Crippen molar-refractivity contribution in [3.05, 3.63) is 66.2 Å². The van der Waals surface area contributed by atoms with Crippen LogP contribution in [0.2, 0.25) is 0 Å². The van der Waals surface area contributed by atoms with Crippen LogP contribution in [0.3, 0.4) is 0 Å². The maximum atomic E-state index is 5.37. The molecule has 1 aromatic carbocycles. The highest BCUT2D eigenvalue weighted by molar-refractivity contribution is 5.78. The lowest BCUT2D eigenvalue weighted by Gasteiger charge is -2.11. The summed E-state index contributed by atoms with van der Waals surface area (Å²) < 4.78 is 5.37. The van der Waals surface area contributed by atoms with Gasteiger partial charge in [0.15, 0.2) is 0 Å². The van der Waals surface area contributed by atoms with Crippen LogP contribution in [0.25, 0.3) is 10.9 Å². The fraction of sp³-hybridized carbons (Fsp3) is 0.188.